The summed E-state index contributed by atoms with van der Waals surface area (Å²) in [7, 11) is 0. The van der Waals surface area contributed by atoms with Gasteiger partial charge < -0.3 is 9.80 Å². The molecule has 0 bridgehead atoms. The summed E-state index contributed by atoms with van der Waals surface area (Å²) in [6, 6.07) is 80.1. The zero-order valence-electron chi connectivity index (χ0n) is 31.7. The summed E-state index contributed by atoms with van der Waals surface area (Å²) in [5, 5.41) is 15.2. The summed E-state index contributed by atoms with van der Waals surface area (Å²) in [6.45, 7) is 0. The van der Waals surface area contributed by atoms with E-state index in [1.54, 1.807) is 0 Å². The van der Waals surface area contributed by atoms with Crippen LogP contribution in [0.3, 0.4) is 0 Å². The van der Waals surface area contributed by atoms with Crippen molar-refractivity contribution in [3.63, 3.8) is 0 Å². The van der Waals surface area contributed by atoms with E-state index in [9.17, 15) is 0 Å². The molecule has 0 unspecified atom stereocenters. The van der Waals surface area contributed by atoms with Crippen molar-refractivity contribution in [1.82, 2.24) is 0 Å². The highest BCUT2D eigenvalue weighted by Gasteiger charge is 2.24. The predicted molar refractivity (Wildman–Crippen MR) is 249 cm³/mol. The molecule has 0 fully saturated rings. The lowest BCUT2D eigenvalue weighted by molar-refractivity contribution is 1.30. The third-order valence-corrected chi connectivity index (χ3v) is 12.1. The van der Waals surface area contributed by atoms with E-state index < -0.39 is 0 Å². The number of benzene rings is 12. The van der Waals surface area contributed by atoms with E-state index in [4.69, 9.17) is 0 Å². The highest BCUT2D eigenvalue weighted by molar-refractivity contribution is 6.32. The summed E-state index contributed by atoms with van der Waals surface area (Å²) in [6.07, 6.45) is 0. The van der Waals surface area contributed by atoms with E-state index in [2.05, 4.69) is 228 Å². The van der Waals surface area contributed by atoms with Gasteiger partial charge in [0.25, 0.3) is 0 Å². The van der Waals surface area contributed by atoms with Crippen LogP contribution in [0.1, 0.15) is 0 Å². The molecule has 0 aliphatic heterocycles. The first kappa shape index (κ1) is 32.6. The van der Waals surface area contributed by atoms with Gasteiger partial charge in [-0.3, -0.25) is 0 Å². The van der Waals surface area contributed by atoms with Crippen LogP contribution in [0.5, 0.6) is 0 Å². The molecular formula is C56H36N2. The number of rotatable bonds is 7. The molecule has 270 valence electrons. The van der Waals surface area contributed by atoms with Crippen LogP contribution in [-0.2, 0) is 0 Å². The molecule has 2 nitrogen and oxygen atoms in total. The molecule has 0 atom stereocenters. The highest BCUT2D eigenvalue weighted by atomic mass is 15.1. The van der Waals surface area contributed by atoms with Crippen LogP contribution in [0.4, 0.5) is 34.1 Å². The average molecular weight is 737 g/mol. The van der Waals surface area contributed by atoms with E-state index in [-0.39, 0.29) is 0 Å². The second-order valence-corrected chi connectivity index (χ2v) is 15.3. The number of para-hydroxylation sites is 4. The third-order valence-electron chi connectivity index (χ3n) is 12.1. The highest BCUT2D eigenvalue weighted by Crippen LogP contribution is 2.51. The molecule has 0 saturated heterocycles. The fourth-order valence-corrected chi connectivity index (χ4v) is 9.60. The minimum atomic E-state index is 1.12. The fourth-order valence-electron chi connectivity index (χ4n) is 9.60. The van der Waals surface area contributed by atoms with Crippen molar-refractivity contribution in [2.75, 3.05) is 9.80 Å². The van der Waals surface area contributed by atoms with Crippen LogP contribution in [0, 0.1) is 0 Å². The first-order valence-corrected chi connectivity index (χ1v) is 20.0. The van der Waals surface area contributed by atoms with Crippen LogP contribution >= 0.6 is 0 Å². The molecule has 0 radical (unpaired) electrons. The standard InChI is InChI=1S/C56H36N2/c1-5-16-41(17-6-1)57(42-18-7-2-8-19-42)51-35-29-40-28-32-49-52(58(43-20-9-3-10-21-43)44-22-11-4-12-23-44)36-50(47-33-34-48(51)55(40)56(47)49)45-30-26-39-25-24-37-14-13-15-38-27-31-46(45)54(39)53(37)38/h1-36H. The normalized spacial score (nSPS) is 11.8. The Morgan fingerprint density at radius 3 is 1.17 bits per heavy atom. The molecule has 0 N–H and O–H groups in total. The Morgan fingerprint density at radius 1 is 0.224 bits per heavy atom. The van der Waals surface area contributed by atoms with Crippen molar-refractivity contribution in [3.05, 3.63) is 218 Å². The smallest absolute Gasteiger partial charge is 0.0546 e. The van der Waals surface area contributed by atoms with E-state index in [0.29, 0.717) is 0 Å². The number of nitrogens with zero attached hydrogens (tertiary/aromatic N) is 2. The maximum atomic E-state index is 2.45. The van der Waals surface area contributed by atoms with Crippen molar-refractivity contribution in [2.24, 2.45) is 0 Å². The third kappa shape index (κ3) is 4.92. The number of hydrogen-bond acceptors (Lipinski definition) is 2. The van der Waals surface area contributed by atoms with Gasteiger partial charge in [0.2, 0.25) is 0 Å². The quantitative estimate of drug-likeness (QED) is 0.150. The van der Waals surface area contributed by atoms with Gasteiger partial charge in [0.1, 0.15) is 0 Å². The van der Waals surface area contributed by atoms with Crippen molar-refractivity contribution in [2.45, 2.75) is 0 Å². The van der Waals surface area contributed by atoms with Crippen LogP contribution in [-0.4, -0.2) is 0 Å². The molecule has 0 aliphatic carbocycles. The van der Waals surface area contributed by atoms with Gasteiger partial charge in [0.05, 0.1) is 11.4 Å². The Kier molecular flexibility index (Phi) is 7.26. The van der Waals surface area contributed by atoms with Crippen molar-refractivity contribution in [3.8, 4) is 11.1 Å². The summed E-state index contributed by atoms with van der Waals surface area (Å²) in [5.74, 6) is 0. The van der Waals surface area contributed by atoms with E-state index in [1.165, 1.54) is 75.8 Å². The van der Waals surface area contributed by atoms with Gasteiger partial charge in [-0.05, 0) is 120 Å². The average Bonchev–Trinajstić information content (AvgIpc) is 3.29. The topological polar surface area (TPSA) is 6.48 Å². The fraction of sp³-hybridized carbons (Fsp3) is 0. The van der Waals surface area contributed by atoms with Crippen molar-refractivity contribution in [1.29, 1.82) is 0 Å². The summed E-state index contributed by atoms with van der Waals surface area (Å²) >= 11 is 0. The monoisotopic (exact) mass is 736 g/mol. The summed E-state index contributed by atoms with van der Waals surface area (Å²) in [5.41, 5.74) is 9.23. The maximum Gasteiger partial charge on any atom is 0.0546 e. The van der Waals surface area contributed by atoms with Crippen molar-refractivity contribution < 1.29 is 0 Å². The molecule has 58 heavy (non-hydrogen) atoms. The van der Waals surface area contributed by atoms with E-state index in [0.717, 1.165) is 34.1 Å². The Balaban J connectivity index is 1.23. The molecule has 0 aromatic heterocycles. The molecule has 2 heteroatoms. The Bertz CT molecular complexity index is 3340. The van der Waals surface area contributed by atoms with Crippen LogP contribution in [0.15, 0.2) is 218 Å². The Hall–Kier alpha value is -7.68. The number of anilines is 6. The molecule has 0 heterocycles. The first-order chi connectivity index (χ1) is 28.8. The zero-order valence-corrected chi connectivity index (χ0v) is 31.7. The molecule has 0 saturated carbocycles. The lowest BCUT2D eigenvalue weighted by Crippen LogP contribution is -2.11. The summed E-state index contributed by atoms with van der Waals surface area (Å²) < 4.78 is 0. The van der Waals surface area contributed by atoms with Crippen LogP contribution in [0.2, 0.25) is 0 Å². The molecule has 0 aliphatic rings. The minimum absolute atomic E-state index is 1.12. The Labute approximate surface area is 336 Å². The van der Waals surface area contributed by atoms with E-state index in [1.807, 2.05) is 0 Å². The first-order valence-electron chi connectivity index (χ1n) is 20.0. The second-order valence-electron chi connectivity index (χ2n) is 15.3. The largest absolute Gasteiger partial charge is 0.310 e. The molecular weight excluding hydrogens is 701 g/mol. The van der Waals surface area contributed by atoms with E-state index >= 15 is 0 Å². The summed E-state index contributed by atoms with van der Waals surface area (Å²) in [4.78, 5) is 4.83. The van der Waals surface area contributed by atoms with Gasteiger partial charge in [-0.15, -0.1) is 0 Å². The van der Waals surface area contributed by atoms with Gasteiger partial charge in [-0.2, -0.15) is 0 Å². The lowest BCUT2D eigenvalue weighted by Gasteiger charge is -2.30. The zero-order chi connectivity index (χ0) is 38.2. The SMILES string of the molecule is c1ccc(N(c2ccccc2)c2ccc3ccc4c(N(c5ccccc5)c5ccccc5)cc(-c5ccc6ccc7cccc8ccc5c6c78)c5ccc2c3c54)cc1. The van der Waals surface area contributed by atoms with Crippen LogP contribution in [0.25, 0.3) is 75.8 Å². The minimum Gasteiger partial charge on any atom is -0.310 e. The molecule has 12 rings (SSSR count). The number of hydrogen-bond donors (Lipinski definition) is 0. The predicted octanol–water partition coefficient (Wildman–Crippen LogP) is 16.1. The van der Waals surface area contributed by atoms with Gasteiger partial charge in [-0.1, -0.05) is 158 Å². The molecule has 12 aromatic rings. The Morgan fingerprint density at radius 2 is 0.603 bits per heavy atom. The lowest BCUT2D eigenvalue weighted by atomic mass is 9.85. The van der Waals surface area contributed by atoms with Gasteiger partial charge >= 0.3 is 0 Å². The van der Waals surface area contributed by atoms with Crippen molar-refractivity contribution >= 4 is 98.8 Å². The molecule has 12 aromatic carbocycles. The van der Waals surface area contributed by atoms with Gasteiger partial charge in [0.15, 0.2) is 0 Å². The molecule has 0 amide bonds. The van der Waals surface area contributed by atoms with Gasteiger partial charge in [-0.25, -0.2) is 0 Å². The van der Waals surface area contributed by atoms with Gasteiger partial charge in [0, 0.05) is 38.9 Å². The second kappa shape index (κ2) is 12.9. The molecule has 0 spiro atoms. The maximum absolute atomic E-state index is 2.45. The van der Waals surface area contributed by atoms with Crippen LogP contribution < -0.4 is 9.80 Å².